The SMILES string of the molecule is CN(C)S(=O)(=O)c1cccc(C(=O)N/N=C\c2ccc(N3CCCCC3)cc2)c1. The van der Waals surface area contributed by atoms with Crippen molar-refractivity contribution in [1.29, 1.82) is 0 Å². The number of piperidine rings is 1. The molecule has 154 valence electrons. The predicted molar refractivity (Wildman–Crippen MR) is 115 cm³/mol. The van der Waals surface area contributed by atoms with Crippen molar-refractivity contribution in [2.75, 3.05) is 32.1 Å². The Morgan fingerprint density at radius 2 is 1.76 bits per heavy atom. The van der Waals surface area contributed by atoms with Crippen LogP contribution in [0.3, 0.4) is 0 Å². The molecule has 0 unspecified atom stereocenters. The van der Waals surface area contributed by atoms with E-state index < -0.39 is 15.9 Å². The molecule has 1 heterocycles. The van der Waals surface area contributed by atoms with Crippen molar-refractivity contribution in [3.05, 3.63) is 59.7 Å². The lowest BCUT2D eigenvalue weighted by atomic mass is 10.1. The first-order valence-electron chi connectivity index (χ1n) is 9.59. The van der Waals surface area contributed by atoms with Gasteiger partial charge in [-0.2, -0.15) is 5.10 Å². The van der Waals surface area contributed by atoms with E-state index in [9.17, 15) is 13.2 Å². The molecule has 7 nitrogen and oxygen atoms in total. The fraction of sp³-hybridized carbons (Fsp3) is 0.333. The van der Waals surface area contributed by atoms with Crippen LogP contribution >= 0.6 is 0 Å². The molecule has 0 aliphatic carbocycles. The molecule has 8 heteroatoms. The Bertz CT molecular complexity index is 979. The summed E-state index contributed by atoms with van der Waals surface area (Å²) in [6.45, 7) is 2.18. The number of hydrazone groups is 1. The Hall–Kier alpha value is -2.71. The maximum Gasteiger partial charge on any atom is 0.271 e. The lowest BCUT2D eigenvalue weighted by Gasteiger charge is -2.28. The van der Waals surface area contributed by atoms with Crippen LogP contribution in [0.25, 0.3) is 0 Å². The van der Waals surface area contributed by atoms with Gasteiger partial charge in [0.15, 0.2) is 0 Å². The molecule has 3 rings (SSSR count). The molecule has 0 radical (unpaired) electrons. The summed E-state index contributed by atoms with van der Waals surface area (Å²) in [5.41, 5.74) is 4.74. The van der Waals surface area contributed by atoms with Crippen molar-refractivity contribution >= 4 is 27.8 Å². The highest BCUT2D eigenvalue weighted by atomic mass is 32.2. The minimum atomic E-state index is -3.60. The molecule has 0 aromatic heterocycles. The van der Waals surface area contributed by atoms with Crippen LogP contribution in [-0.2, 0) is 10.0 Å². The van der Waals surface area contributed by atoms with E-state index in [4.69, 9.17) is 0 Å². The van der Waals surface area contributed by atoms with Crippen LogP contribution in [0.5, 0.6) is 0 Å². The second-order valence-electron chi connectivity index (χ2n) is 7.15. The summed E-state index contributed by atoms with van der Waals surface area (Å²) in [6.07, 6.45) is 5.32. The number of carbonyl (C=O) groups excluding carboxylic acids is 1. The highest BCUT2D eigenvalue weighted by Gasteiger charge is 2.18. The van der Waals surface area contributed by atoms with Crippen molar-refractivity contribution in [1.82, 2.24) is 9.73 Å². The Kier molecular flexibility index (Phi) is 6.66. The van der Waals surface area contributed by atoms with Gasteiger partial charge in [0.1, 0.15) is 0 Å². The Morgan fingerprint density at radius 1 is 1.07 bits per heavy atom. The average molecular weight is 415 g/mol. The molecule has 29 heavy (non-hydrogen) atoms. The molecule has 1 saturated heterocycles. The van der Waals surface area contributed by atoms with Gasteiger partial charge in [0.05, 0.1) is 11.1 Å². The number of nitrogens with one attached hydrogen (secondary N) is 1. The van der Waals surface area contributed by atoms with Crippen LogP contribution in [0, 0.1) is 0 Å². The van der Waals surface area contributed by atoms with Gasteiger partial charge in [-0.1, -0.05) is 18.2 Å². The predicted octanol–water partition coefficient (Wildman–Crippen LogP) is 2.69. The van der Waals surface area contributed by atoms with Gasteiger partial charge in [0, 0.05) is 38.4 Å². The molecule has 0 atom stereocenters. The van der Waals surface area contributed by atoms with E-state index in [1.165, 1.54) is 57.2 Å². The normalized spacial score (nSPS) is 15.1. The first-order chi connectivity index (χ1) is 13.9. The zero-order valence-corrected chi connectivity index (χ0v) is 17.5. The number of anilines is 1. The molecule has 1 N–H and O–H groups in total. The topological polar surface area (TPSA) is 82.1 Å². The Morgan fingerprint density at radius 3 is 2.41 bits per heavy atom. The largest absolute Gasteiger partial charge is 0.372 e. The number of nitrogens with zero attached hydrogens (tertiary/aromatic N) is 3. The fourth-order valence-electron chi connectivity index (χ4n) is 3.16. The molecule has 1 fully saturated rings. The molecule has 0 saturated carbocycles. The minimum Gasteiger partial charge on any atom is -0.372 e. The Labute approximate surface area is 172 Å². The summed E-state index contributed by atoms with van der Waals surface area (Å²) >= 11 is 0. The summed E-state index contributed by atoms with van der Waals surface area (Å²) < 4.78 is 25.5. The molecular weight excluding hydrogens is 388 g/mol. The zero-order valence-electron chi connectivity index (χ0n) is 16.7. The van der Waals surface area contributed by atoms with Crippen molar-refractivity contribution < 1.29 is 13.2 Å². The van der Waals surface area contributed by atoms with Crippen LogP contribution in [0.1, 0.15) is 35.2 Å². The van der Waals surface area contributed by atoms with Crippen LogP contribution in [0.4, 0.5) is 5.69 Å². The summed E-state index contributed by atoms with van der Waals surface area (Å²) in [5.74, 6) is -0.470. The van der Waals surface area contributed by atoms with Gasteiger partial charge in [0.2, 0.25) is 10.0 Å². The lowest BCUT2D eigenvalue weighted by molar-refractivity contribution is 0.0955. The second-order valence-corrected chi connectivity index (χ2v) is 9.31. The summed E-state index contributed by atoms with van der Waals surface area (Å²) in [6, 6.07) is 13.9. The van der Waals surface area contributed by atoms with Crippen LogP contribution in [0.2, 0.25) is 0 Å². The quantitative estimate of drug-likeness (QED) is 0.582. The van der Waals surface area contributed by atoms with E-state index in [1.807, 2.05) is 12.1 Å². The number of carbonyl (C=O) groups is 1. The van der Waals surface area contributed by atoms with Gasteiger partial charge in [-0.05, 0) is 55.2 Å². The maximum atomic E-state index is 12.3. The number of benzene rings is 2. The molecular formula is C21H26N4O3S. The van der Waals surface area contributed by atoms with Gasteiger partial charge in [-0.15, -0.1) is 0 Å². The van der Waals surface area contributed by atoms with Crippen molar-refractivity contribution in [2.45, 2.75) is 24.2 Å². The number of hydrogen-bond donors (Lipinski definition) is 1. The van der Waals surface area contributed by atoms with Gasteiger partial charge in [-0.3, -0.25) is 4.79 Å². The Balaban J connectivity index is 1.62. The molecule has 0 bridgehead atoms. The third-order valence-electron chi connectivity index (χ3n) is 4.87. The second kappa shape index (κ2) is 9.19. The third-order valence-corrected chi connectivity index (χ3v) is 6.68. The standard InChI is InChI=1S/C21H26N4O3S/c1-24(2)29(27,28)20-8-6-7-18(15-20)21(26)23-22-16-17-9-11-19(12-10-17)25-13-4-3-5-14-25/h6-12,15-16H,3-5,13-14H2,1-2H3,(H,23,26)/b22-16-. The highest BCUT2D eigenvalue weighted by Crippen LogP contribution is 2.20. The van der Waals surface area contributed by atoms with E-state index in [-0.39, 0.29) is 10.5 Å². The highest BCUT2D eigenvalue weighted by molar-refractivity contribution is 7.89. The van der Waals surface area contributed by atoms with Gasteiger partial charge in [-0.25, -0.2) is 18.1 Å². The first-order valence-corrected chi connectivity index (χ1v) is 11.0. The van der Waals surface area contributed by atoms with Crippen LogP contribution in [0.15, 0.2) is 58.5 Å². The van der Waals surface area contributed by atoms with Crippen LogP contribution < -0.4 is 10.3 Å². The van der Waals surface area contributed by atoms with E-state index in [2.05, 4.69) is 27.6 Å². The fourth-order valence-corrected chi connectivity index (χ4v) is 4.11. The molecule has 2 aromatic carbocycles. The smallest absolute Gasteiger partial charge is 0.271 e. The van der Waals surface area contributed by atoms with Gasteiger partial charge >= 0.3 is 0 Å². The number of rotatable bonds is 6. The van der Waals surface area contributed by atoms with Gasteiger partial charge in [0.25, 0.3) is 5.91 Å². The average Bonchev–Trinajstić information content (AvgIpc) is 2.75. The number of hydrogen-bond acceptors (Lipinski definition) is 5. The third kappa shape index (κ3) is 5.21. The molecule has 1 amide bonds. The minimum absolute atomic E-state index is 0.0624. The van der Waals surface area contributed by atoms with Crippen molar-refractivity contribution in [3.8, 4) is 0 Å². The van der Waals surface area contributed by atoms with Crippen molar-refractivity contribution in [2.24, 2.45) is 5.10 Å². The van der Waals surface area contributed by atoms with Gasteiger partial charge < -0.3 is 4.90 Å². The number of sulfonamides is 1. The summed E-state index contributed by atoms with van der Waals surface area (Å²) in [7, 11) is -0.704. The van der Waals surface area contributed by atoms with Crippen molar-refractivity contribution in [3.63, 3.8) is 0 Å². The van der Waals surface area contributed by atoms with E-state index in [0.29, 0.717) is 0 Å². The van der Waals surface area contributed by atoms with Crippen LogP contribution in [-0.4, -0.2) is 52.0 Å². The summed E-state index contributed by atoms with van der Waals surface area (Å²) in [4.78, 5) is 14.7. The lowest BCUT2D eigenvalue weighted by Crippen LogP contribution is -2.29. The zero-order chi connectivity index (χ0) is 20.9. The summed E-state index contributed by atoms with van der Waals surface area (Å²) in [5, 5.41) is 3.99. The van der Waals surface area contributed by atoms with E-state index >= 15 is 0 Å². The van der Waals surface area contributed by atoms with E-state index in [0.717, 1.165) is 23.0 Å². The first kappa shape index (κ1) is 21.0. The van der Waals surface area contributed by atoms with E-state index in [1.54, 1.807) is 12.3 Å². The molecule has 1 aliphatic rings. The molecule has 0 spiro atoms. The molecule has 2 aromatic rings. The monoisotopic (exact) mass is 414 g/mol. The molecule has 1 aliphatic heterocycles. The maximum absolute atomic E-state index is 12.3. The number of amides is 1.